The third-order valence-electron chi connectivity index (χ3n) is 2.98. The van der Waals surface area contributed by atoms with Crippen molar-refractivity contribution in [2.24, 2.45) is 0 Å². The molecule has 3 rings (SSSR count). The van der Waals surface area contributed by atoms with Gasteiger partial charge in [-0.05, 0) is 12.8 Å². The van der Waals surface area contributed by atoms with Crippen LogP contribution in [-0.4, -0.2) is 36.3 Å². The van der Waals surface area contributed by atoms with Crippen molar-refractivity contribution in [3.05, 3.63) is 17.0 Å². The molecule has 1 aliphatic heterocycles. The molecule has 0 radical (unpaired) electrons. The van der Waals surface area contributed by atoms with E-state index in [1.807, 2.05) is 6.07 Å². The zero-order valence-electron chi connectivity index (χ0n) is 9.03. The Morgan fingerprint density at radius 2 is 2.00 bits per heavy atom. The number of anilines is 1. The largest absolute Gasteiger partial charge is 0.378 e. The van der Waals surface area contributed by atoms with Gasteiger partial charge in [-0.2, -0.15) is 0 Å². The fourth-order valence-electron chi connectivity index (χ4n) is 1.90. The van der Waals surface area contributed by atoms with E-state index in [4.69, 9.17) is 16.3 Å². The van der Waals surface area contributed by atoms with Crippen LogP contribution in [0.5, 0.6) is 0 Å². The van der Waals surface area contributed by atoms with Gasteiger partial charge in [0.15, 0.2) is 0 Å². The van der Waals surface area contributed by atoms with Gasteiger partial charge < -0.3 is 9.64 Å². The van der Waals surface area contributed by atoms with Crippen molar-refractivity contribution >= 4 is 17.4 Å². The summed E-state index contributed by atoms with van der Waals surface area (Å²) in [7, 11) is 0. The lowest BCUT2D eigenvalue weighted by molar-refractivity contribution is 0.122. The number of hydrogen-bond donors (Lipinski definition) is 0. The second kappa shape index (κ2) is 4.18. The van der Waals surface area contributed by atoms with Crippen molar-refractivity contribution in [1.82, 2.24) is 9.97 Å². The van der Waals surface area contributed by atoms with E-state index in [2.05, 4.69) is 14.9 Å². The molecule has 0 N–H and O–H groups in total. The van der Waals surface area contributed by atoms with Crippen LogP contribution in [0, 0.1) is 0 Å². The molecule has 2 aliphatic rings. The standard InChI is InChI=1S/C11H14ClN3O/c12-9-7-10(15-3-5-16-6-4-15)14-11(13-9)8-1-2-8/h7-8H,1-6H2. The third kappa shape index (κ3) is 2.13. The number of ether oxygens (including phenoxy) is 1. The molecular formula is C11H14ClN3O. The summed E-state index contributed by atoms with van der Waals surface area (Å²) in [4.78, 5) is 11.1. The van der Waals surface area contributed by atoms with Crippen molar-refractivity contribution in [2.75, 3.05) is 31.2 Å². The number of rotatable bonds is 2. The Hall–Kier alpha value is -0.870. The summed E-state index contributed by atoms with van der Waals surface area (Å²) < 4.78 is 5.32. The predicted octanol–water partition coefficient (Wildman–Crippen LogP) is 1.84. The summed E-state index contributed by atoms with van der Waals surface area (Å²) in [6, 6.07) is 1.85. The first-order chi connectivity index (χ1) is 7.83. The van der Waals surface area contributed by atoms with Gasteiger partial charge in [0, 0.05) is 25.1 Å². The lowest BCUT2D eigenvalue weighted by atomic mass is 10.3. The molecule has 0 unspecified atom stereocenters. The molecule has 86 valence electrons. The topological polar surface area (TPSA) is 38.2 Å². The van der Waals surface area contributed by atoms with Crippen LogP contribution in [0.1, 0.15) is 24.6 Å². The Balaban J connectivity index is 1.86. The maximum absolute atomic E-state index is 6.03. The molecule has 0 spiro atoms. The molecule has 5 heteroatoms. The van der Waals surface area contributed by atoms with Gasteiger partial charge >= 0.3 is 0 Å². The van der Waals surface area contributed by atoms with Gasteiger partial charge in [0.05, 0.1) is 13.2 Å². The molecule has 0 amide bonds. The highest BCUT2D eigenvalue weighted by atomic mass is 35.5. The fourth-order valence-corrected chi connectivity index (χ4v) is 2.09. The van der Waals surface area contributed by atoms with Crippen LogP contribution in [0.15, 0.2) is 6.07 Å². The van der Waals surface area contributed by atoms with Crippen LogP contribution >= 0.6 is 11.6 Å². The average molecular weight is 240 g/mol. The summed E-state index contributed by atoms with van der Waals surface area (Å²) in [6.07, 6.45) is 2.39. The van der Waals surface area contributed by atoms with Crippen LogP contribution in [0.4, 0.5) is 5.82 Å². The van der Waals surface area contributed by atoms with Crippen LogP contribution in [0.2, 0.25) is 5.15 Å². The van der Waals surface area contributed by atoms with Gasteiger partial charge in [-0.3, -0.25) is 0 Å². The molecule has 0 atom stereocenters. The van der Waals surface area contributed by atoms with Gasteiger partial charge in [0.2, 0.25) is 0 Å². The lowest BCUT2D eigenvalue weighted by Crippen LogP contribution is -2.36. The highest BCUT2D eigenvalue weighted by Crippen LogP contribution is 2.39. The number of nitrogens with zero attached hydrogens (tertiary/aromatic N) is 3. The Bertz CT molecular complexity index is 389. The third-order valence-corrected chi connectivity index (χ3v) is 3.17. The zero-order valence-corrected chi connectivity index (χ0v) is 9.78. The smallest absolute Gasteiger partial charge is 0.135 e. The first-order valence-electron chi connectivity index (χ1n) is 5.70. The SMILES string of the molecule is Clc1cc(N2CCOCC2)nc(C2CC2)n1. The summed E-state index contributed by atoms with van der Waals surface area (Å²) in [5, 5.41) is 0.554. The van der Waals surface area contributed by atoms with Crippen molar-refractivity contribution in [2.45, 2.75) is 18.8 Å². The van der Waals surface area contributed by atoms with Gasteiger partial charge in [-0.25, -0.2) is 9.97 Å². The van der Waals surface area contributed by atoms with Gasteiger partial charge in [-0.1, -0.05) is 11.6 Å². The number of hydrogen-bond acceptors (Lipinski definition) is 4. The normalized spacial score (nSPS) is 21.2. The van der Waals surface area contributed by atoms with Gasteiger partial charge in [0.1, 0.15) is 16.8 Å². The molecule has 1 aromatic heterocycles. The van der Waals surface area contributed by atoms with E-state index in [0.29, 0.717) is 11.1 Å². The molecule has 2 fully saturated rings. The molecule has 16 heavy (non-hydrogen) atoms. The highest BCUT2D eigenvalue weighted by Gasteiger charge is 2.28. The quantitative estimate of drug-likeness (QED) is 0.739. The fraction of sp³-hybridized carbons (Fsp3) is 0.636. The van der Waals surface area contributed by atoms with Crippen LogP contribution in [0.25, 0.3) is 0 Å². The molecule has 0 bridgehead atoms. The van der Waals surface area contributed by atoms with Gasteiger partial charge in [0.25, 0.3) is 0 Å². The molecule has 4 nitrogen and oxygen atoms in total. The summed E-state index contributed by atoms with van der Waals surface area (Å²) in [5.74, 6) is 2.40. The average Bonchev–Trinajstić information content (AvgIpc) is 3.13. The first kappa shape index (κ1) is 10.3. The van der Waals surface area contributed by atoms with Gasteiger partial charge in [-0.15, -0.1) is 0 Å². The molecule has 0 aromatic carbocycles. The zero-order chi connectivity index (χ0) is 11.0. The summed E-state index contributed by atoms with van der Waals surface area (Å²) >= 11 is 6.03. The molecular weight excluding hydrogens is 226 g/mol. The second-order valence-electron chi connectivity index (χ2n) is 4.28. The molecule has 1 aliphatic carbocycles. The van der Waals surface area contributed by atoms with E-state index < -0.39 is 0 Å². The van der Waals surface area contributed by atoms with Crippen molar-refractivity contribution in [1.29, 1.82) is 0 Å². The first-order valence-corrected chi connectivity index (χ1v) is 6.08. The predicted molar refractivity (Wildman–Crippen MR) is 62.0 cm³/mol. The highest BCUT2D eigenvalue weighted by molar-refractivity contribution is 6.29. The van der Waals surface area contributed by atoms with Crippen LogP contribution in [-0.2, 0) is 4.74 Å². The number of morpholine rings is 1. The Kier molecular flexibility index (Phi) is 2.69. The number of aromatic nitrogens is 2. The molecule has 1 saturated heterocycles. The van der Waals surface area contributed by atoms with E-state index in [-0.39, 0.29) is 0 Å². The molecule has 2 heterocycles. The molecule has 1 aromatic rings. The van der Waals surface area contributed by atoms with Crippen molar-refractivity contribution in [3.63, 3.8) is 0 Å². The minimum absolute atomic E-state index is 0.540. The van der Waals surface area contributed by atoms with E-state index >= 15 is 0 Å². The van der Waals surface area contributed by atoms with E-state index in [0.717, 1.165) is 37.9 Å². The van der Waals surface area contributed by atoms with Crippen molar-refractivity contribution < 1.29 is 4.74 Å². The summed E-state index contributed by atoms with van der Waals surface area (Å²) in [6.45, 7) is 3.30. The minimum atomic E-state index is 0.540. The van der Waals surface area contributed by atoms with E-state index in [1.54, 1.807) is 0 Å². The Morgan fingerprint density at radius 3 is 2.69 bits per heavy atom. The maximum Gasteiger partial charge on any atom is 0.135 e. The lowest BCUT2D eigenvalue weighted by Gasteiger charge is -2.28. The van der Waals surface area contributed by atoms with E-state index in [1.165, 1.54) is 12.8 Å². The van der Waals surface area contributed by atoms with E-state index in [9.17, 15) is 0 Å². The van der Waals surface area contributed by atoms with Crippen molar-refractivity contribution in [3.8, 4) is 0 Å². The monoisotopic (exact) mass is 239 g/mol. The number of halogens is 1. The summed E-state index contributed by atoms with van der Waals surface area (Å²) in [5.41, 5.74) is 0. The Labute approximate surface area is 99.6 Å². The minimum Gasteiger partial charge on any atom is -0.378 e. The second-order valence-corrected chi connectivity index (χ2v) is 4.67. The maximum atomic E-state index is 6.03. The molecule has 1 saturated carbocycles. The van der Waals surface area contributed by atoms with Crippen LogP contribution in [0.3, 0.4) is 0 Å². The Morgan fingerprint density at radius 1 is 1.25 bits per heavy atom. The van der Waals surface area contributed by atoms with Crippen LogP contribution < -0.4 is 4.90 Å².